The van der Waals surface area contributed by atoms with Crippen LogP contribution >= 0.6 is 11.6 Å². The Kier molecular flexibility index (Phi) is 4.77. The van der Waals surface area contributed by atoms with Crippen molar-refractivity contribution >= 4 is 28.9 Å². The molecular weight excluding hydrogens is 298 g/mol. The van der Waals surface area contributed by atoms with Crippen LogP contribution in [0.4, 0.5) is 11.4 Å². The third kappa shape index (κ3) is 3.42. The summed E-state index contributed by atoms with van der Waals surface area (Å²) in [5.41, 5.74) is 7.24. The van der Waals surface area contributed by atoms with Gasteiger partial charge in [-0.25, -0.2) is 0 Å². The predicted molar refractivity (Wildman–Crippen MR) is 91.5 cm³/mol. The van der Waals surface area contributed by atoms with Gasteiger partial charge < -0.3 is 10.4 Å². The van der Waals surface area contributed by atoms with Crippen LogP contribution < -0.4 is 5.32 Å². The standard InChI is InChI=1S/C18H20ClNO2/c1-10-7-11(2)13(4)18(12(10)3)20-16-6-5-15(19)8-14(16)9-17(21)22/h5-8,20H,9H2,1-4H3,(H,21,22). The molecule has 0 bridgehead atoms. The van der Waals surface area contributed by atoms with Crippen LogP contribution in [0.25, 0.3) is 0 Å². The van der Waals surface area contributed by atoms with Crippen LogP contribution in [0.5, 0.6) is 0 Å². The number of hydrogen-bond donors (Lipinski definition) is 2. The van der Waals surface area contributed by atoms with Crippen molar-refractivity contribution in [1.82, 2.24) is 0 Å². The van der Waals surface area contributed by atoms with Crippen LogP contribution in [-0.4, -0.2) is 11.1 Å². The van der Waals surface area contributed by atoms with E-state index in [9.17, 15) is 4.79 Å². The van der Waals surface area contributed by atoms with Gasteiger partial charge in [0.05, 0.1) is 6.42 Å². The number of hydrogen-bond acceptors (Lipinski definition) is 2. The van der Waals surface area contributed by atoms with Crippen LogP contribution in [0.1, 0.15) is 27.8 Å². The van der Waals surface area contributed by atoms with Gasteiger partial charge in [0.15, 0.2) is 0 Å². The second-order valence-electron chi connectivity index (χ2n) is 5.63. The molecule has 2 aromatic carbocycles. The van der Waals surface area contributed by atoms with Crippen molar-refractivity contribution in [1.29, 1.82) is 0 Å². The average molecular weight is 318 g/mol. The van der Waals surface area contributed by atoms with E-state index in [1.54, 1.807) is 12.1 Å². The van der Waals surface area contributed by atoms with Crippen LogP contribution in [-0.2, 0) is 11.2 Å². The Bertz CT molecular complexity index is 712. The molecule has 0 radical (unpaired) electrons. The van der Waals surface area contributed by atoms with E-state index >= 15 is 0 Å². The fourth-order valence-corrected chi connectivity index (χ4v) is 2.73. The van der Waals surface area contributed by atoms with Gasteiger partial charge in [0.1, 0.15) is 0 Å². The monoisotopic (exact) mass is 317 g/mol. The third-order valence-electron chi connectivity index (χ3n) is 4.03. The molecule has 0 atom stereocenters. The summed E-state index contributed by atoms with van der Waals surface area (Å²) >= 11 is 6.00. The van der Waals surface area contributed by atoms with Crippen LogP contribution in [0.15, 0.2) is 24.3 Å². The van der Waals surface area contributed by atoms with Crippen LogP contribution in [0.3, 0.4) is 0 Å². The highest BCUT2D eigenvalue weighted by Gasteiger charge is 2.12. The smallest absolute Gasteiger partial charge is 0.307 e. The highest BCUT2D eigenvalue weighted by atomic mass is 35.5. The average Bonchev–Trinajstić information content (AvgIpc) is 2.43. The number of benzene rings is 2. The molecule has 2 N–H and O–H groups in total. The summed E-state index contributed by atoms with van der Waals surface area (Å²) in [6.45, 7) is 8.29. The first kappa shape index (κ1) is 16.4. The Morgan fingerprint density at radius 3 is 2.23 bits per heavy atom. The number of carbonyl (C=O) groups is 1. The summed E-state index contributed by atoms with van der Waals surface area (Å²) in [4.78, 5) is 11.1. The van der Waals surface area contributed by atoms with E-state index in [0.717, 1.165) is 11.4 Å². The number of anilines is 2. The molecule has 0 saturated heterocycles. The highest BCUT2D eigenvalue weighted by Crippen LogP contribution is 2.31. The zero-order valence-corrected chi connectivity index (χ0v) is 14.0. The van der Waals surface area contributed by atoms with E-state index in [0.29, 0.717) is 10.6 Å². The van der Waals surface area contributed by atoms with Gasteiger partial charge in [0.25, 0.3) is 0 Å². The zero-order chi connectivity index (χ0) is 16.4. The van der Waals surface area contributed by atoms with Crippen molar-refractivity contribution in [2.24, 2.45) is 0 Å². The van der Waals surface area contributed by atoms with E-state index in [1.165, 1.54) is 22.3 Å². The maximum absolute atomic E-state index is 11.1. The number of carboxylic acid groups (broad SMARTS) is 1. The summed E-state index contributed by atoms with van der Waals surface area (Å²) in [7, 11) is 0. The molecule has 3 nitrogen and oxygen atoms in total. The molecule has 0 aliphatic rings. The van der Waals surface area contributed by atoms with Gasteiger partial charge in [0.2, 0.25) is 0 Å². The van der Waals surface area contributed by atoms with E-state index in [4.69, 9.17) is 16.7 Å². The Labute approximate surface area is 135 Å². The van der Waals surface area contributed by atoms with E-state index < -0.39 is 5.97 Å². The Morgan fingerprint density at radius 1 is 1.09 bits per heavy atom. The lowest BCUT2D eigenvalue weighted by molar-refractivity contribution is -0.136. The summed E-state index contributed by atoms with van der Waals surface area (Å²) in [5, 5.41) is 13.0. The maximum atomic E-state index is 11.1. The van der Waals surface area contributed by atoms with Gasteiger partial charge in [-0.05, 0) is 73.7 Å². The minimum Gasteiger partial charge on any atom is -0.481 e. The van der Waals surface area contributed by atoms with Gasteiger partial charge in [-0.2, -0.15) is 0 Å². The molecule has 0 unspecified atom stereocenters. The van der Waals surface area contributed by atoms with Gasteiger partial charge in [0, 0.05) is 16.4 Å². The van der Waals surface area contributed by atoms with Crippen molar-refractivity contribution in [3.8, 4) is 0 Å². The Morgan fingerprint density at radius 2 is 1.68 bits per heavy atom. The van der Waals surface area contributed by atoms with Crippen molar-refractivity contribution in [3.63, 3.8) is 0 Å². The minimum absolute atomic E-state index is 0.0637. The molecule has 0 heterocycles. The molecule has 116 valence electrons. The second-order valence-corrected chi connectivity index (χ2v) is 6.07. The van der Waals surface area contributed by atoms with Crippen molar-refractivity contribution in [3.05, 3.63) is 57.1 Å². The van der Waals surface area contributed by atoms with Crippen molar-refractivity contribution in [2.75, 3.05) is 5.32 Å². The fourth-order valence-electron chi connectivity index (χ4n) is 2.53. The molecule has 22 heavy (non-hydrogen) atoms. The topological polar surface area (TPSA) is 49.3 Å². The van der Waals surface area contributed by atoms with Crippen LogP contribution in [0.2, 0.25) is 5.02 Å². The van der Waals surface area contributed by atoms with Crippen molar-refractivity contribution in [2.45, 2.75) is 34.1 Å². The number of nitrogens with one attached hydrogen (secondary N) is 1. The summed E-state index contributed by atoms with van der Waals surface area (Å²) in [6, 6.07) is 7.46. The molecule has 4 heteroatoms. The summed E-state index contributed by atoms with van der Waals surface area (Å²) < 4.78 is 0. The number of aryl methyl sites for hydroxylation is 2. The lowest BCUT2D eigenvalue weighted by atomic mass is 9.98. The minimum atomic E-state index is -0.876. The van der Waals surface area contributed by atoms with E-state index in [1.807, 2.05) is 6.07 Å². The van der Waals surface area contributed by atoms with E-state index in [-0.39, 0.29) is 6.42 Å². The zero-order valence-electron chi connectivity index (χ0n) is 13.2. The van der Waals surface area contributed by atoms with Gasteiger partial charge in [-0.3, -0.25) is 4.79 Å². The first-order valence-corrected chi connectivity index (χ1v) is 7.52. The molecule has 0 amide bonds. The predicted octanol–water partition coefficient (Wildman–Crippen LogP) is 4.94. The molecule has 0 spiro atoms. The molecule has 0 aromatic heterocycles. The van der Waals surface area contributed by atoms with Crippen LogP contribution in [0, 0.1) is 27.7 Å². The van der Waals surface area contributed by atoms with Gasteiger partial charge >= 0.3 is 5.97 Å². The molecule has 0 fully saturated rings. The maximum Gasteiger partial charge on any atom is 0.307 e. The first-order valence-electron chi connectivity index (χ1n) is 7.14. The highest BCUT2D eigenvalue weighted by molar-refractivity contribution is 6.30. The largest absolute Gasteiger partial charge is 0.481 e. The normalized spacial score (nSPS) is 10.6. The molecule has 0 saturated carbocycles. The SMILES string of the molecule is Cc1cc(C)c(C)c(Nc2ccc(Cl)cc2CC(=O)O)c1C. The van der Waals surface area contributed by atoms with Gasteiger partial charge in [-0.15, -0.1) is 0 Å². The Hall–Kier alpha value is -2.00. The molecular formula is C18H20ClNO2. The first-order chi connectivity index (χ1) is 10.3. The lowest BCUT2D eigenvalue weighted by Crippen LogP contribution is -2.06. The fraction of sp³-hybridized carbons (Fsp3) is 0.278. The number of halogens is 1. The molecule has 2 rings (SSSR count). The quantitative estimate of drug-likeness (QED) is 0.839. The molecule has 2 aromatic rings. The van der Waals surface area contributed by atoms with E-state index in [2.05, 4.69) is 39.1 Å². The van der Waals surface area contributed by atoms with Crippen molar-refractivity contribution < 1.29 is 9.90 Å². The van der Waals surface area contributed by atoms with Gasteiger partial charge in [-0.1, -0.05) is 17.7 Å². The number of aliphatic carboxylic acids is 1. The Balaban J connectivity index is 2.50. The number of carboxylic acids is 1. The summed E-state index contributed by atoms with van der Waals surface area (Å²) in [5.74, 6) is -0.876. The lowest BCUT2D eigenvalue weighted by Gasteiger charge is -2.19. The summed E-state index contributed by atoms with van der Waals surface area (Å²) in [6.07, 6.45) is -0.0637. The molecule has 0 aliphatic heterocycles. The molecule has 0 aliphatic carbocycles. The third-order valence-corrected chi connectivity index (χ3v) is 4.27. The second kappa shape index (κ2) is 6.41. The number of rotatable bonds is 4.